The van der Waals surface area contributed by atoms with Crippen molar-refractivity contribution >= 4 is 29.3 Å². The summed E-state index contributed by atoms with van der Waals surface area (Å²) in [5.41, 5.74) is 1.10. The van der Waals surface area contributed by atoms with Crippen molar-refractivity contribution in [1.29, 1.82) is 0 Å². The van der Waals surface area contributed by atoms with Gasteiger partial charge in [0, 0.05) is 9.79 Å². The zero-order valence-electron chi connectivity index (χ0n) is 16.0. The Labute approximate surface area is 174 Å². The minimum atomic E-state index is -0.422. The molecule has 0 aliphatic carbocycles. The molecule has 0 aliphatic heterocycles. The molecule has 0 heterocycles. The Morgan fingerprint density at radius 1 is 0.931 bits per heavy atom. The molecule has 0 saturated carbocycles. The summed E-state index contributed by atoms with van der Waals surface area (Å²) in [6, 6.07) is 24.1. The molecule has 6 heteroatoms. The molecule has 29 heavy (non-hydrogen) atoms. The monoisotopic (exact) mass is 407 g/mol. The third-order valence-corrected chi connectivity index (χ3v) is 4.93. The lowest BCUT2D eigenvalue weighted by Gasteiger charge is -2.12. The number of para-hydroxylation sites is 1. The van der Waals surface area contributed by atoms with Crippen molar-refractivity contribution in [3.8, 4) is 5.75 Å². The minimum Gasteiger partial charge on any atom is -0.484 e. The van der Waals surface area contributed by atoms with E-state index in [9.17, 15) is 9.59 Å². The van der Waals surface area contributed by atoms with Crippen molar-refractivity contribution in [1.82, 2.24) is 0 Å². The van der Waals surface area contributed by atoms with Gasteiger partial charge in [-0.2, -0.15) is 0 Å². The lowest BCUT2D eigenvalue weighted by molar-refractivity contribution is -0.118. The van der Waals surface area contributed by atoms with Crippen LogP contribution in [0.3, 0.4) is 0 Å². The van der Waals surface area contributed by atoms with E-state index in [-0.39, 0.29) is 12.5 Å². The smallest absolute Gasteiger partial charge is 0.338 e. The van der Waals surface area contributed by atoms with Gasteiger partial charge in [0.25, 0.3) is 5.91 Å². The van der Waals surface area contributed by atoms with E-state index < -0.39 is 5.97 Å². The molecule has 0 unspecified atom stereocenters. The largest absolute Gasteiger partial charge is 0.484 e. The van der Waals surface area contributed by atoms with Crippen molar-refractivity contribution in [2.45, 2.75) is 16.7 Å². The van der Waals surface area contributed by atoms with Crippen LogP contribution in [0, 0.1) is 0 Å². The third kappa shape index (κ3) is 6.12. The standard InChI is InChI=1S/C23H21NO4S/c1-2-27-23(26)17-9-8-10-18(15-17)28-16-22(25)24-20-13-6-7-14-21(20)29-19-11-4-3-5-12-19/h3-15H,2,16H2,1H3,(H,24,25). The highest BCUT2D eigenvalue weighted by Crippen LogP contribution is 2.33. The number of benzene rings is 3. The Hall–Kier alpha value is -3.25. The van der Waals surface area contributed by atoms with Crippen molar-refractivity contribution in [2.75, 3.05) is 18.5 Å². The van der Waals surface area contributed by atoms with Gasteiger partial charge in [-0.1, -0.05) is 48.2 Å². The molecule has 0 saturated heterocycles. The van der Waals surface area contributed by atoms with Gasteiger partial charge in [0.05, 0.1) is 17.9 Å². The predicted octanol–water partition coefficient (Wildman–Crippen LogP) is 5.03. The van der Waals surface area contributed by atoms with Crippen LogP contribution in [0.5, 0.6) is 5.75 Å². The van der Waals surface area contributed by atoms with Crippen LogP contribution in [0.4, 0.5) is 5.69 Å². The van der Waals surface area contributed by atoms with Crippen molar-refractivity contribution in [3.05, 3.63) is 84.4 Å². The van der Waals surface area contributed by atoms with Crippen LogP contribution in [0.2, 0.25) is 0 Å². The molecule has 0 radical (unpaired) electrons. The first kappa shape index (κ1) is 20.5. The Morgan fingerprint density at radius 3 is 2.48 bits per heavy atom. The molecule has 148 valence electrons. The topological polar surface area (TPSA) is 64.6 Å². The van der Waals surface area contributed by atoms with E-state index in [4.69, 9.17) is 9.47 Å². The fraction of sp³-hybridized carbons (Fsp3) is 0.130. The van der Waals surface area contributed by atoms with Crippen LogP contribution in [-0.2, 0) is 9.53 Å². The molecule has 0 bridgehead atoms. The van der Waals surface area contributed by atoms with Gasteiger partial charge >= 0.3 is 5.97 Å². The average molecular weight is 407 g/mol. The lowest BCUT2D eigenvalue weighted by Crippen LogP contribution is -2.20. The van der Waals surface area contributed by atoms with Gasteiger partial charge in [-0.05, 0) is 49.4 Å². The fourth-order valence-electron chi connectivity index (χ4n) is 2.54. The predicted molar refractivity (Wildman–Crippen MR) is 114 cm³/mol. The quantitative estimate of drug-likeness (QED) is 0.531. The summed E-state index contributed by atoms with van der Waals surface area (Å²) in [6.45, 7) is 1.87. The molecule has 0 atom stereocenters. The Kier molecular flexibility index (Phi) is 7.30. The Morgan fingerprint density at radius 2 is 1.69 bits per heavy atom. The van der Waals surface area contributed by atoms with E-state index in [1.807, 2.05) is 54.6 Å². The molecule has 3 rings (SSSR count). The summed E-state index contributed by atoms with van der Waals surface area (Å²) in [5.74, 6) is -0.278. The van der Waals surface area contributed by atoms with Gasteiger partial charge in [0.2, 0.25) is 0 Å². The summed E-state index contributed by atoms with van der Waals surface area (Å²) in [5, 5.41) is 2.88. The highest BCUT2D eigenvalue weighted by molar-refractivity contribution is 7.99. The molecule has 0 fully saturated rings. The summed E-state index contributed by atoms with van der Waals surface area (Å²) in [4.78, 5) is 26.2. The highest BCUT2D eigenvalue weighted by Gasteiger charge is 2.11. The summed E-state index contributed by atoms with van der Waals surface area (Å²) in [7, 11) is 0. The Balaban J connectivity index is 1.60. The number of nitrogens with one attached hydrogen (secondary N) is 1. The zero-order valence-corrected chi connectivity index (χ0v) is 16.8. The number of esters is 1. The third-order valence-electron chi connectivity index (χ3n) is 3.85. The fourth-order valence-corrected chi connectivity index (χ4v) is 3.46. The number of hydrogen-bond acceptors (Lipinski definition) is 5. The summed E-state index contributed by atoms with van der Waals surface area (Å²) < 4.78 is 10.5. The van der Waals surface area contributed by atoms with Crippen LogP contribution in [0.15, 0.2) is 88.7 Å². The summed E-state index contributed by atoms with van der Waals surface area (Å²) in [6.07, 6.45) is 0. The highest BCUT2D eigenvalue weighted by atomic mass is 32.2. The molecule has 0 aliphatic rings. The number of carbonyl (C=O) groups excluding carboxylic acids is 2. The van der Waals surface area contributed by atoms with Crippen molar-refractivity contribution in [3.63, 3.8) is 0 Å². The van der Waals surface area contributed by atoms with E-state index in [1.54, 1.807) is 43.0 Å². The van der Waals surface area contributed by atoms with E-state index in [0.29, 0.717) is 17.9 Å². The maximum Gasteiger partial charge on any atom is 0.338 e. The van der Waals surface area contributed by atoms with Crippen LogP contribution < -0.4 is 10.1 Å². The number of ether oxygens (including phenoxy) is 2. The molecule has 5 nitrogen and oxygen atoms in total. The number of amides is 1. The van der Waals surface area contributed by atoms with Gasteiger partial charge in [0.1, 0.15) is 5.75 Å². The Bertz CT molecular complexity index is 975. The van der Waals surface area contributed by atoms with Crippen LogP contribution in [0.1, 0.15) is 17.3 Å². The first-order chi connectivity index (χ1) is 14.2. The van der Waals surface area contributed by atoms with E-state index >= 15 is 0 Å². The van der Waals surface area contributed by atoms with E-state index in [2.05, 4.69) is 5.32 Å². The van der Waals surface area contributed by atoms with E-state index in [0.717, 1.165) is 15.5 Å². The molecule has 1 amide bonds. The minimum absolute atomic E-state index is 0.170. The molecule has 0 spiro atoms. The lowest BCUT2D eigenvalue weighted by atomic mass is 10.2. The number of hydrogen-bond donors (Lipinski definition) is 1. The number of anilines is 1. The molecular formula is C23H21NO4S. The van der Waals surface area contributed by atoms with E-state index in [1.165, 1.54) is 0 Å². The number of carbonyl (C=O) groups is 2. The second-order valence-corrected chi connectivity index (χ2v) is 7.11. The molecule has 3 aromatic carbocycles. The van der Waals surface area contributed by atoms with Crippen LogP contribution >= 0.6 is 11.8 Å². The average Bonchev–Trinajstić information content (AvgIpc) is 2.75. The van der Waals surface area contributed by atoms with Crippen molar-refractivity contribution in [2.24, 2.45) is 0 Å². The van der Waals surface area contributed by atoms with Gasteiger partial charge < -0.3 is 14.8 Å². The molecule has 0 aromatic heterocycles. The molecule has 3 aromatic rings. The van der Waals surface area contributed by atoms with Crippen LogP contribution in [0.25, 0.3) is 0 Å². The van der Waals surface area contributed by atoms with Gasteiger partial charge in [-0.25, -0.2) is 4.79 Å². The normalized spacial score (nSPS) is 10.2. The molecule has 1 N–H and O–H groups in total. The second kappa shape index (κ2) is 10.3. The van der Waals surface area contributed by atoms with Crippen LogP contribution in [-0.4, -0.2) is 25.1 Å². The van der Waals surface area contributed by atoms with Gasteiger partial charge in [0.15, 0.2) is 6.61 Å². The van der Waals surface area contributed by atoms with Gasteiger partial charge in [-0.15, -0.1) is 0 Å². The van der Waals surface area contributed by atoms with Gasteiger partial charge in [-0.3, -0.25) is 4.79 Å². The summed E-state index contributed by atoms with van der Waals surface area (Å²) >= 11 is 1.57. The maximum absolute atomic E-state index is 12.4. The first-order valence-electron chi connectivity index (χ1n) is 9.17. The first-order valence-corrected chi connectivity index (χ1v) is 9.99. The van der Waals surface area contributed by atoms with Crippen molar-refractivity contribution < 1.29 is 19.1 Å². The second-order valence-electron chi connectivity index (χ2n) is 6.00. The number of rotatable bonds is 8. The zero-order chi connectivity index (χ0) is 20.5. The maximum atomic E-state index is 12.4. The SMILES string of the molecule is CCOC(=O)c1cccc(OCC(=O)Nc2ccccc2Sc2ccccc2)c1. The molecular weight excluding hydrogens is 386 g/mol.